The van der Waals surface area contributed by atoms with Crippen molar-refractivity contribution in [2.45, 2.75) is 6.92 Å². The lowest BCUT2D eigenvalue weighted by Crippen LogP contribution is -2.01. The number of rotatable bonds is 2. The molecule has 0 bridgehead atoms. The number of nitrogen functional groups attached to an aromatic ring is 1. The van der Waals surface area contributed by atoms with Crippen LogP contribution in [0.1, 0.15) is 5.56 Å². The van der Waals surface area contributed by atoms with Gasteiger partial charge in [0.05, 0.1) is 5.69 Å². The van der Waals surface area contributed by atoms with Gasteiger partial charge in [-0.2, -0.15) is 4.68 Å². The van der Waals surface area contributed by atoms with Crippen molar-refractivity contribution >= 4 is 28.9 Å². The first kappa shape index (κ1) is 13.9. The second-order valence-corrected chi connectivity index (χ2v) is 5.49. The molecule has 0 saturated carbocycles. The molecule has 0 atom stereocenters. The molecule has 1 aromatic heterocycles. The molecule has 21 heavy (non-hydrogen) atoms. The van der Waals surface area contributed by atoms with Crippen LogP contribution in [0.3, 0.4) is 0 Å². The zero-order valence-electron chi connectivity index (χ0n) is 11.1. The number of aryl methyl sites for hydroxylation is 1. The van der Waals surface area contributed by atoms with Gasteiger partial charge in [-0.15, -0.1) is 5.10 Å². The molecule has 0 spiro atoms. The molecule has 0 amide bonds. The molecule has 0 radical (unpaired) electrons. The first-order chi connectivity index (χ1) is 10.0. The fraction of sp³-hybridized carbons (Fsp3) is 0.0714. The molecule has 5 nitrogen and oxygen atoms in total. The van der Waals surface area contributed by atoms with Gasteiger partial charge in [0, 0.05) is 21.3 Å². The predicted molar refractivity (Wildman–Crippen MR) is 83.8 cm³/mol. The number of aromatic nitrogens is 4. The summed E-state index contributed by atoms with van der Waals surface area (Å²) in [7, 11) is 0. The molecular weight excluding hydrogens is 309 g/mol. The number of nitrogens with two attached hydrogens (primary N) is 1. The molecule has 2 N–H and O–H groups in total. The van der Waals surface area contributed by atoms with E-state index in [4.69, 9.17) is 28.9 Å². The summed E-state index contributed by atoms with van der Waals surface area (Å²) in [5, 5.41) is 12.9. The second kappa shape index (κ2) is 5.35. The first-order valence-electron chi connectivity index (χ1n) is 6.16. The Morgan fingerprint density at radius 3 is 2.48 bits per heavy atom. The quantitative estimate of drug-likeness (QED) is 0.733. The zero-order chi connectivity index (χ0) is 15.0. The molecule has 0 unspecified atom stereocenters. The Balaban J connectivity index is 2.19. The van der Waals surface area contributed by atoms with Crippen molar-refractivity contribution in [1.82, 2.24) is 20.2 Å². The molecule has 0 aliphatic heterocycles. The zero-order valence-corrected chi connectivity index (χ0v) is 12.6. The summed E-state index contributed by atoms with van der Waals surface area (Å²) in [6.45, 7) is 1.97. The Morgan fingerprint density at radius 1 is 1.05 bits per heavy atom. The van der Waals surface area contributed by atoms with E-state index < -0.39 is 0 Å². The van der Waals surface area contributed by atoms with Crippen LogP contribution in [0, 0.1) is 6.92 Å². The van der Waals surface area contributed by atoms with E-state index in [9.17, 15) is 0 Å². The van der Waals surface area contributed by atoms with Crippen molar-refractivity contribution in [3.05, 3.63) is 52.0 Å². The average Bonchev–Trinajstić information content (AvgIpc) is 2.89. The van der Waals surface area contributed by atoms with Gasteiger partial charge in [-0.05, 0) is 53.2 Å². The highest BCUT2D eigenvalue weighted by atomic mass is 35.5. The maximum atomic E-state index is 6.04. The molecular formula is C14H11Cl2N5. The van der Waals surface area contributed by atoms with E-state index >= 15 is 0 Å². The molecule has 7 heteroatoms. The van der Waals surface area contributed by atoms with Crippen molar-refractivity contribution in [2.24, 2.45) is 0 Å². The number of benzene rings is 2. The maximum Gasteiger partial charge on any atom is 0.187 e. The van der Waals surface area contributed by atoms with E-state index in [0.717, 1.165) is 11.1 Å². The highest BCUT2D eigenvalue weighted by Crippen LogP contribution is 2.27. The van der Waals surface area contributed by atoms with Gasteiger partial charge < -0.3 is 5.73 Å². The normalized spacial score (nSPS) is 10.8. The highest BCUT2D eigenvalue weighted by molar-refractivity contribution is 6.34. The Hall–Kier alpha value is -2.11. The van der Waals surface area contributed by atoms with Gasteiger partial charge >= 0.3 is 0 Å². The van der Waals surface area contributed by atoms with Crippen LogP contribution >= 0.6 is 23.2 Å². The lowest BCUT2D eigenvalue weighted by Gasteiger charge is -2.08. The minimum atomic E-state index is 0.517. The minimum Gasteiger partial charge on any atom is -0.399 e. The van der Waals surface area contributed by atoms with Crippen LogP contribution < -0.4 is 5.73 Å². The van der Waals surface area contributed by atoms with Crippen molar-refractivity contribution < 1.29 is 0 Å². The predicted octanol–water partition coefficient (Wildman–Crippen LogP) is 3.53. The Morgan fingerprint density at radius 2 is 1.76 bits per heavy atom. The third-order valence-corrected chi connectivity index (χ3v) is 3.50. The number of hydrogen-bond acceptors (Lipinski definition) is 4. The largest absolute Gasteiger partial charge is 0.399 e. The maximum absolute atomic E-state index is 6.04. The number of halogens is 2. The van der Waals surface area contributed by atoms with Crippen LogP contribution in [-0.4, -0.2) is 20.2 Å². The highest BCUT2D eigenvalue weighted by Gasteiger charge is 2.14. The number of anilines is 1. The van der Waals surface area contributed by atoms with Crippen molar-refractivity contribution in [3.8, 4) is 17.1 Å². The fourth-order valence-corrected chi connectivity index (χ4v) is 2.59. The van der Waals surface area contributed by atoms with E-state index in [1.807, 2.05) is 25.1 Å². The third kappa shape index (κ3) is 2.70. The fourth-order valence-electron chi connectivity index (χ4n) is 2.07. The van der Waals surface area contributed by atoms with Gasteiger partial charge in [0.2, 0.25) is 0 Å². The summed E-state index contributed by atoms with van der Waals surface area (Å²) in [5.41, 5.74) is 9.07. The average molecular weight is 320 g/mol. The molecule has 3 rings (SSSR count). The Bertz CT molecular complexity index is 793. The van der Waals surface area contributed by atoms with Gasteiger partial charge in [-0.3, -0.25) is 0 Å². The summed E-state index contributed by atoms with van der Waals surface area (Å²) in [5.74, 6) is 0.582. The second-order valence-electron chi connectivity index (χ2n) is 4.62. The van der Waals surface area contributed by atoms with E-state index in [1.165, 1.54) is 0 Å². The molecule has 2 aromatic carbocycles. The summed E-state index contributed by atoms with van der Waals surface area (Å²) >= 11 is 12.1. The Labute approximate surface area is 131 Å². The molecule has 0 fully saturated rings. The molecule has 0 aliphatic rings. The molecule has 3 aromatic rings. The van der Waals surface area contributed by atoms with Crippen LogP contribution in [0.5, 0.6) is 0 Å². The van der Waals surface area contributed by atoms with E-state index in [-0.39, 0.29) is 0 Å². The van der Waals surface area contributed by atoms with Crippen LogP contribution in [0.25, 0.3) is 17.1 Å². The van der Waals surface area contributed by atoms with Crippen LogP contribution in [-0.2, 0) is 0 Å². The summed E-state index contributed by atoms with van der Waals surface area (Å²) < 4.78 is 1.58. The monoisotopic (exact) mass is 319 g/mol. The summed E-state index contributed by atoms with van der Waals surface area (Å²) in [4.78, 5) is 0. The Kier molecular flexibility index (Phi) is 3.53. The SMILES string of the molecule is Cc1ccc(N)cc1-c1nnnn1-c1cc(Cl)cc(Cl)c1. The summed E-state index contributed by atoms with van der Waals surface area (Å²) in [6, 6.07) is 10.7. The standard InChI is InChI=1S/C14H11Cl2N5/c1-8-2-3-11(17)7-13(8)14-18-19-20-21(14)12-5-9(15)4-10(16)6-12/h2-7H,17H2,1H3. The van der Waals surface area contributed by atoms with E-state index in [1.54, 1.807) is 22.9 Å². The van der Waals surface area contributed by atoms with E-state index in [0.29, 0.717) is 27.2 Å². The molecule has 106 valence electrons. The van der Waals surface area contributed by atoms with Gasteiger partial charge in [-0.25, -0.2) is 0 Å². The first-order valence-corrected chi connectivity index (χ1v) is 6.91. The van der Waals surface area contributed by atoms with Crippen LogP contribution in [0.4, 0.5) is 5.69 Å². The molecule has 0 aliphatic carbocycles. The van der Waals surface area contributed by atoms with Gasteiger partial charge in [0.1, 0.15) is 0 Å². The van der Waals surface area contributed by atoms with Gasteiger partial charge in [0.15, 0.2) is 5.82 Å². The molecule has 0 saturated heterocycles. The van der Waals surface area contributed by atoms with Crippen molar-refractivity contribution in [3.63, 3.8) is 0 Å². The minimum absolute atomic E-state index is 0.517. The number of nitrogens with zero attached hydrogens (tertiary/aromatic N) is 4. The molecule has 1 heterocycles. The van der Waals surface area contributed by atoms with Crippen LogP contribution in [0.15, 0.2) is 36.4 Å². The van der Waals surface area contributed by atoms with Crippen molar-refractivity contribution in [1.29, 1.82) is 0 Å². The van der Waals surface area contributed by atoms with Crippen molar-refractivity contribution in [2.75, 3.05) is 5.73 Å². The van der Waals surface area contributed by atoms with Gasteiger partial charge in [0.25, 0.3) is 0 Å². The topological polar surface area (TPSA) is 69.6 Å². The van der Waals surface area contributed by atoms with Crippen LogP contribution in [0.2, 0.25) is 10.0 Å². The number of tetrazole rings is 1. The van der Waals surface area contributed by atoms with Gasteiger partial charge in [-0.1, -0.05) is 29.3 Å². The number of hydrogen-bond donors (Lipinski definition) is 1. The van der Waals surface area contributed by atoms with E-state index in [2.05, 4.69) is 15.5 Å². The smallest absolute Gasteiger partial charge is 0.187 e. The lowest BCUT2D eigenvalue weighted by atomic mass is 10.1. The summed E-state index contributed by atoms with van der Waals surface area (Å²) in [6.07, 6.45) is 0. The third-order valence-electron chi connectivity index (χ3n) is 3.06. The lowest BCUT2D eigenvalue weighted by molar-refractivity contribution is 0.791.